The molecular formula is C15H24N2OS. The summed E-state index contributed by atoms with van der Waals surface area (Å²) in [5.74, 6) is 0.852. The number of benzene rings is 1. The molecule has 0 aliphatic carbocycles. The van der Waals surface area contributed by atoms with Gasteiger partial charge in [0.15, 0.2) is 5.11 Å². The van der Waals surface area contributed by atoms with Gasteiger partial charge in [0.05, 0.1) is 6.10 Å². The zero-order valence-corrected chi connectivity index (χ0v) is 13.0. The SMILES string of the molecule is CCC(CC)NC(=S)Nc1cccc(OC(C)C)c1. The van der Waals surface area contributed by atoms with Crippen molar-refractivity contribution < 1.29 is 4.74 Å². The second-order valence-electron chi connectivity index (χ2n) is 4.81. The minimum Gasteiger partial charge on any atom is -0.491 e. The molecule has 0 saturated heterocycles. The van der Waals surface area contributed by atoms with Gasteiger partial charge in [0.25, 0.3) is 0 Å². The molecule has 0 atom stereocenters. The molecule has 0 heterocycles. The number of hydrogen-bond acceptors (Lipinski definition) is 2. The molecule has 1 rings (SSSR count). The maximum absolute atomic E-state index is 5.66. The van der Waals surface area contributed by atoms with Crippen LogP contribution in [0.1, 0.15) is 40.5 Å². The zero-order chi connectivity index (χ0) is 14.3. The fourth-order valence-corrected chi connectivity index (χ4v) is 2.05. The average Bonchev–Trinajstić information content (AvgIpc) is 2.35. The van der Waals surface area contributed by atoms with Gasteiger partial charge in [-0.05, 0) is 51.0 Å². The third-order valence-corrected chi connectivity index (χ3v) is 3.00. The van der Waals surface area contributed by atoms with Crippen molar-refractivity contribution in [3.63, 3.8) is 0 Å². The molecule has 0 radical (unpaired) electrons. The van der Waals surface area contributed by atoms with Crippen molar-refractivity contribution in [1.82, 2.24) is 5.32 Å². The van der Waals surface area contributed by atoms with Crippen LogP contribution in [-0.2, 0) is 0 Å². The summed E-state index contributed by atoms with van der Waals surface area (Å²) in [6, 6.07) is 8.27. The third-order valence-electron chi connectivity index (χ3n) is 2.78. The van der Waals surface area contributed by atoms with Gasteiger partial charge >= 0.3 is 0 Å². The second-order valence-corrected chi connectivity index (χ2v) is 5.21. The fraction of sp³-hybridized carbons (Fsp3) is 0.533. The van der Waals surface area contributed by atoms with Crippen molar-refractivity contribution in [1.29, 1.82) is 0 Å². The number of ether oxygens (including phenoxy) is 1. The van der Waals surface area contributed by atoms with E-state index in [1.807, 2.05) is 38.1 Å². The fourth-order valence-electron chi connectivity index (χ4n) is 1.76. The summed E-state index contributed by atoms with van der Waals surface area (Å²) in [4.78, 5) is 0. The summed E-state index contributed by atoms with van der Waals surface area (Å²) in [7, 11) is 0. The Morgan fingerprint density at radius 3 is 2.53 bits per heavy atom. The van der Waals surface area contributed by atoms with Crippen LogP contribution < -0.4 is 15.4 Å². The first-order valence-corrected chi connectivity index (χ1v) is 7.30. The van der Waals surface area contributed by atoms with Crippen LogP contribution >= 0.6 is 12.2 Å². The number of nitrogens with one attached hydrogen (secondary N) is 2. The van der Waals surface area contributed by atoms with E-state index in [4.69, 9.17) is 17.0 Å². The van der Waals surface area contributed by atoms with E-state index in [2.05, 4.69) is 24.5 Å². The lowest BCUT2D eigenvalue weighted by Gasteiger charge is -2.18. The van der Waals surface area contributed by atoms with E-state index in [1.54, 1.807) is 0 Å². The van der Waals surface area contributed by atoms with Gasteiger partial charge in [-0.3, -0.25) is 0 Å². The van der Waals surface area contributed by atoms with Crippen LogP contribution in [-0.4, -0.2) is 17.3 Å². The average molecular weight is 280 g/mol. The Morgan fingerprint density at radius 2 is 1.95 bits per heavy atom. The molecule has 0 saturated carbocycles. The summed E-state index contributed by atoms with van der Waals surface area (Å²) in [5.41, 5.74) is 0.946. The maximum atomic E-state index is 5.66. The normalized spacial score (nSPS) is 10.6. The van der Waals surface area contributed by atoms with Gasteiger partial charge in [0, 0.05) is 17.8 Å². The minimum atomic E-state index is 0.171. The Bertz CT molecular complexity index is 403. The van der Waals surface area contributed by atoms with Crippen molar-refractivity contribution >= 4 is 23.0 Å². The topological polar surface area (TPSA) is 33.3 Å². The van der Waals surface area contributed by atoms with E-state index >= 15 is 0 Å². The highest BCUT2D eigenvalue weighted by atomic mass is 32.1. The van der Waals surface area contributed by atoms with Gasteiger partial charge in [-0.2, -0.15) is 0 Å². The minimum absolute atomic E-state index is 0.171. The van der Waals surface area contributed by atoms with E-state index in [0.717, 1.165) is 24.3 Å². The quantitative estimate of drug-likeness (QED) is 0.773. The lowest BCUT2D eigenvalue weighted by molar-refractivity contribution is 0.242. The molecule has 3 nitrogen and oxygen atoms in total. The van der Waals surface area contributed by atoms with Gasteiger partial charge < -0.3 is 15.4 Å². The summed E-state index contributed by atoms with van der Waals surface area (Å²) in [6.07, 6.45) is 2.30. The van der Waals surface area contributed by atoms with Crippen LogP contribution in [0, 0.1) is 0 Å². The van der Waals surface area contributed by atoms with Crippen molar-refractivity contribution in [2.24, 2.45) is 0 Å². The molecule has 106 valence electrons. The monoisotopic (exact) mass is 280 g/mol. The van der Waals surface area contributed by atoms with Gasteiger partial charge in [0.2, 0.25) is 0 Å². The molecule has 0 aliphatic rings. The standard InChI is InChI=1S/C15H24N2OS/c1-5-12(6-2)16-15(19)17-13-8-7-9-14(10-13)18-11(3)4/h7-12H,5-6H2,1-4H3,(H2,16,17,19). The van der Waals surface area contributed by atoms with Crippen LogP contribution in [0.2, 0.25) is 0 Å². The lowest BCUT2D eigenvalue weighted by atomic mass is 10.2. The van der Waals surface area contributed by atoms with E-state index < -0.39 is 0 Å². The Morgan fingerprint density at radius 1 is 1.26 bits per heavy atom. The Balaban J connectivity index is 2.59. The van der Waals surface area contributed by atoms with Crippen molar-refractivity contribution in [2.75, 3.05) is 5.32 Å². The molecule has 1 aromatic rings. The summed E-state index contributed by atoms with van der Waals surface area (Å²) >= 11 is 5.31. The predicted octanol–water partition coefficient (Wildman–Crippen LogP) is 3.95. The number of anilines is 1. The summed E-state index contributed by atoms with van der Waals surface area (Å²) in [6.45, 7) is 8.33. The third kappa shape index (κ3) is 5.92. The first-order valence-electron chi connectivity index (χ1n) is 6.89. The Kier molecular flexibility index (Phi) is 6.64. The molecule has 0 amide bonds. The van der Waals surface area contributed by atoms with Crippen molar-refractivity contribution in [3.8, 4) is 5.75 Å². The van der Waals surface area contributed by atoms with E-state index in [0.29, 0.717) is 11.2 Å². The van der Waals surface area contributed by atoms with Gasteiger partial charge in [-0.15, -0.1) is 0 Å². The molecule has 0 aromatic heterocycles. The van der Waals surface area contributed by atoms with Crippen molar-refractivity contribution in [2.45, 2.75) is 52.7 Å². The van der Waals surface area contributed by atoms with Crippen LogP contribution in [0.4, 0.5) is 5.69 Å². The first kappa shape index (κ1) is 15.8. The molecule has 19 heavy (non-hydrogen) atoms. The lowest BCUT2D eigenvalue weighted by Crippen LogP contribution is -2.36. The number of hydrogen-bond donors (Lipinski definition) is 2. The zero-order valence-electron chi connectivity index (χ0n) is 12.2. The van der Waals surface area contributed by atoms with Crippen LogP contribution in [0.3, 0.4) is 0 Å². The predicted molar refractivity (Wildman–Crippen MR) is 85.9 cm³/mol. The van der Waals surface area contributed by atoms with Crippen LogP contribution in [0.25, 0.3) is 0 Å². The molecule has 0 spiro atoms. The largest absolute Gasteiger partial charge is 0.491 e. The van der Waals surface area contributed by atoms with Gasteiger partial charge in [-0.25, -0.2) is 0 Å². The molecule has 0 aliphatic heterocycles. The van der Waals surface area contributed by atoms with Gasteiger partial charge in [-0.1, -0.05) is 19.9 Å². The molecular weight excluding hydrogens is 256 g/mol. The molecule has 1 aromatic carbocycles. The molecule has 0 bridgehead atoms. The molecule has 2 N–H and O–H groups in total. The highest BCUT2D eigenvalue weighted by Crippen LogP contribution is 2.18. The van der Waals surface area contributed by atoms with E-state index in [9.17, 15) is 0 Å². The van der Waals surface area contributed by atoms with Gasteiger partial charge in [0.1, 0.15) is 5.75 Å². The van der Waals surface area contributed by atoms with E-state index in [1.165, 1.54) is 0 Å². The smallest absolute Gasteiger partial charge is 0.170 e. The highest BCUT2D eigenvalue weighted by molar-refractivity contribution is 7.80. The maximum Gasteiger partial charge on any atom is 0.170 e. The summed E-state index contributed by atoms with van der Waals surface area (Å²) in [5, 5.41) is 7.16. The highest BCUT2D eigenvalue weighted by Gasteiger charge is 2.06. The Labute approximate surface area is 121 Å². The van der Waals surface area contributed by atoms with Crippen molar-refractivity contribution in [3.05, 3.63) is 24.3 Å². The first-order chi connectivity index (χ1) is 9.05. The Hall–Kier alpha value is -1.29. The number of rotatable bonds is 6. The number of thiocarbonyl (C=S) groups is 1. The van der Waals surface area contributed by atoms with Crippen LogP contribution in [0.5, 0.6) is 5.75 Å². The second kappa shape index (κ2) is 8.00. The summed E-state index contributed by atoms with van der Waals surface area (Å²) < 4.78 is 5.66. The molecule has 4 heteroatoms. The molecule has 0 fully saturated rings. The van der Waals surface area contributed by atoms with E-state index in [-0.39, 0.29) is 6.10 Å². The van der Waals surface area contributed by atoms with Crippen LogP contribution in [0.15, 0.2) is 24.3 Å². The molecule has 0 unspecified atom stereocenters.